The van der Waals surface area contributed by atoms with Gasteiger partial charge in [-0.1, -0.05) is 0 Å². The third-order valence-corrected chi connectivity index (χ3v) is 2.86. The standard InChI is InChI=1S/C9H5ClF3IN2O/c10-3-5-4-16-8(14)7(6(5)1-2-15)17-9(11,12)13/h4H,1,3H2. The van der Waals surface area contributed by atoms with Gasteiger partial charge in [-0.2, -0.15) is 5.26 Å². The Morgan fingerprint density at radius 1 is 1.53 bits per heavy atom. The van der Waals surface area contributed by atoms with Gasteiger partial charge in [-0.25, -0.2) is 4.98 Å². The van der Waals surface area contributed by atoms with Crippen LogP contribution in [0.2, 0.25) is 0 Å². The van der Waals surface area contributed by atoms with E-state index in [0.717, 1.165) is 0 Å². The Bertz CT molecular complexity index is 459. The molecule has 0 unspecified atom stereocenters. The highest BCUT2D eigenvalue weighted by atomic mass is 127. The second-order valence-corrected chi connectivity index (χ2v) is 4.19. The largest absolute Gasteiger partial charge is 0.573 e. The smallest absolute Gasteiger partial charge is 0.403 e. The second kappa shape index (κ2) is 5.73. The SMILES string of the molecule is N#CCc1c(CCl)cnc(I)c1OC(F)(F)F. The monoisotopic (exact) mass is 376 g/mol. The Hall–Kier alpha value is -0.750. The molecule has 0 bridgehead atoms. The zero-order chi connectivity index (χ0) is 13.1. The number of hydrogen-bond donors (Lipinski definition) is 0. The molecule has 0 saturated heterocycles. The molecule has 0 fully saturated rings. The lowest BCUT2D eigenvalue weighted by atomic mass is 10.1. The molecule has 0 N–H and O–H groups in total. The Morgan fingerprint density at radius 2 is 2.18 bits per heavy atom. The zero-order valence-electron chi connectivity index (χ0n) is 8.18. The van der Waals surface area contributed by atoms with E-state index in [-0.39, 0.29) is 21.6 Å². The number of halogens is 5. The van der Waals surface area contributed by atoms with Gasteiger partial charge in [0.1, 0.15) is 3.70 Å². The Labute approximate surface area is 114 Å². The van der Waals surface area contributed by atoms with Gasteiger partial charge in [-0.3, -0.25) is 0 Å². The summed E-state index contributed by atoms with van der Waals surface area (Å²) in [6.07, 6.45) is -3.70. The predicted octanol–water partition coefficient (Wildman–Crippen LogP) is 3.39. The molecule has 1 rings (SSSR count). The number of rotatable bonds is 3. The highest BCUT2D eigenvalue weighted by Crippen LogP contribution is 2.32. The molecule has 0 radical (unpaired) electrons. The molecule has 0 aliphatic carbocycles. The van der Waals surface area contributed by atoms with E-state index >= 15 is 0 Å². The molecule has 17 heavy (non-hydrogen) atoms. The van der Waals surface area contributed by atoms with Crippen LogP contribution in [0.1, 0.15) is 11.1 Å². The molecule has 1 heterocycles. The molecule has 0 aliphatic heterocycles. The molecule has 0 atom stereocenters. The van der Waals surface area contributed by atoms with Crippen LogP contribution in [0.25, 0.3) is 0 Å². The van der Waals surface area contributed by atoms with Crippen LogP contribution in [0.3, 0.4) is 0 Å². The van der Waals surface area contributed by atoms with Gasteiger partial charge < -0.3 is 4.74 Å². The van der Waals surface area contributed by atoms with Gasteiger partial charge in [0.15, 0.2) is 5.75 Å². The average Bonchev–Trinajstić information content (AvgIpc) is 2.22. The lowest BCUT2D eigenvalue weighted by molar-refractivity contribution is -0.275. The van der Waals surface area contributed by atoms with E-state index < -0.39 is 12.1 Å². The van der Waals surface area contributed by atoms with Crippen LogP contribution in [0.4, 0.5) is 13.2 Å². The molecule has 3 nitrogen and oxygen atoms in total. The van der Waals surface area contributed by atoms with Gasteiger partial charge in [0.05, 0.1) is 12.5 Å². The van der Waals surface area contributed by atoms with Crippen LogP contribution in [0.5, 0.6) is 5.75 Å². The second-order valence-electron chi connectivity index (χ2n) is 2.90. The summed E-state index contributed by atoms with van der Waals surface area (Å²) < 4.78 is 40.5. The molecule has 0 amide bonds. The summed E-state index contributed by atoms with van der Waals surface area (Å²) >= 11 is 7.18. The van der Waals surface area contributed by atoms with E-state index in [4.69, 9.17) is 16.9 Å². The van der Waals surface area contributed by atoms with Crippen molar-refractivity contribution < 1.29 is 17.9 Å². The fourth-order valence-electron chi connectivity index (χ4n) is 1.15. The fourth-order valence-corrected chi connectivity index (χ4v) is 1.95. The normalized spacial score (nSPS) is 11.1. The van der Waals surface area contributed by atoms with Crippen LogP contribution in [-0.2, 0) is 12.3 Å². The number of alkyl halides is 4. The first-order valence-electron chi connectivity index (χ1n) is 4.24. The Balaban J connectivity index is 3.29. The minimum atomic E-state index is -4.82. The minimum Gasteiger partial charge on any atom is -0.403 e. The van der Waals surface area contributed by atoms with Gasteiger partial charge in [0, 0.05) is 17.6 Å². The summed E-state index contributed by atoms with van der Waals surface area (Å²) in [6, 6.07) is 1.77. The highest BCUT2D eigenvalue weighted by Gasteiger charge is 2.34. The first kappa shape index (κ1) is 14.3. The van der Waals surface area contributed by atoms with Crippen molar-refractivity contribution >= 4 is 34.2 Å². The Kier molecular flexibility index (Phi) is 4.82. The number of pyridine rings is 1. The van der Waals surface area contributed by atoms with E-state index in [1.165, 1.54) is 6.20 Å². The summed E-state index contributed by atoms with van der Waals surface area (Å²) in [4.78, 5) is 3.74. The summed E-state index contributed by atoms with van der Waals surface area (Å²) in [5.74, 6) is -0.479. The molecule has 8 heteroatoms. The van der Waals surface area contributed by atoms with Gasteiger partial charge >= 0.3 is 6.36 Å². The van der Waals surface area contributed by atoms with Crippen LogP contribution in [-0.4, -0.2) is 11.3 Å². The topological polar surface area (TPSA) is 45.9 Å². The summed E-state index contributed by atoms with van der Waals surface area (Å²) in [5, 5.41) is 8.60. The molecule has 0 aromatic carbocycles. The molecule has 0 spiro atoms. The zero-order valence-corrected chi connectivity index (χ0v) is 11.1. The molecule has 1 aromatic heterocycles. The van der Waals surface area contributed by atoms with Crippen LogP contribution < -0.4 is 4.74 Å². The van der Waals surface area contributed by atoms with Crippen LogP contribution in [0, 0.1) is 15.0 Å². The quantitative estimate of drug-likeness (QED) is 0.461. The summed E-state index contributed by atoms with van der Waals surface area (Å²) in [5.41, 5.74) is 0.479. The maximum atomic E-state index is 12.2. The number of nitrogens with zero attached hydrogens (tertiary/aromatic N) is 2. The number of ether oxygens (including phenoxy) is 1. The third-order valence-electron chi connectivity index (χ3n) is 1.80. The van der Waals surface area contributed by atoms with E-state index in [1.807, 2.05) is 0 Å². The van der Waals surface area contributed by atoms with E-state index in [0.29, 0.717) is 5.56 Å². The first-order chi connectivity index (χ1) is 7.89. The number of hydrogen-bond acceptors (Lipinski definition) is 3. The van der Waals surface area contributed by atoms with Crippen molar-refractivity contribution in [3.63, 3.8) is 0 Å². The molecular weight excluding hydrogens is 371 g/mol. The van der Waals surface area contributed by atoms with Crippen molar-refractivity contribution in [2.75, 3.05) is 0 Å². The lowest BCUT2D eigenvalue weighted by Crippen LogP contribution is -2.20. The number of aromatic nitrogens is 1. The molecular formula is C9H5ClF3IN2O. The fraction of sp³-hybridized carbons (Fsp3) is 0.333. The first-order valence-corrected chi connectivity index (χ1v) is 5.85. The lowest BCUT2D eigenvalue weighted by Gasteiger charge is -2.15. The van der Waals surface area contributed by atoms with Crippen molar-refractivity contribution in [2.45, 2.75) is 18.7 Å². The van der Waals surface area contributed by atoms with Crippen molar-refractivity contribution in [3.8, 4) is 11.8 Å². The van der Waals surface area contributed by atoms with Crippen molar-refractivity contribution in [1.82, 2.24) is 4.98 Å². The molecule has 92 valence electrons. The summed E-state index contributed by atoms with van der Waals surface area (Å²) in [6.45, 7) is 0. The van der Waals surface area contributed by atoms with Gasteiger partial charge in [0.2, 0.25) is 0 Å². The molecule has 0 saturated carbocycles. The average molecular weight is 377 g/mol. The van der Waals surface area contributed by atoms with Crippen molar-refractivity contribution in [3.05, 3.63) is 21.0 Å². The van der Waals surface area contributed by atoms with Gasteiger partial charge in [0.25, 0.3) is 0 Å². The van der Waals surface area contributed by atoms with Crippen LogP contribution in [0.15, 0.2) is 6.20 Å². The maximum Gasteiger partial charge on any atom is 0.573 e. The van der Waals surface area contributed by atoms with Crippen molar-refractivity contribution in [1.29, 1.82) is 5.26 Å². The molecule has 1 aromatic rings. The van der Waals surface area contributed by atoms with E-state index in [9.17, 15) is 13.2 Å². The van der Waals surface area contributed by atoms with Crippen molar-refractivity contribution in [2.24, 2.45) is 0 Å². The maximum absolute atomic E-state index is 12.2. The van der Waals surface area contributed by atoms with E-state index in [2.05, 4.69) is 9.72 Å². The summed E-state index contributed by atoms with van der Waals surface area (Å²) in [7, 11) is 0. The van der Waals surface area contributed by atoms with Gasteiger partial charge in [-0.05, 0) is 28.2 Å². The number of nitriles is 1. The Morgan fingerprint density at radius 3 is 2.65 bits per heavy atom. The molecule has 0 aliphatic rings. The van der Waals surface area contributed by atoms with Gasteiger partial charge in [-0.15, -0.1) is 24.8 Å². The predicted molar refractivity (Wildman–Crippen MR) is 62.5 cm³/mol. The minimum absolute atomic E-state index is 0.0326. The van der Waals surface area contributed by atoms with Crippen LogP contribution >= 0.6 is 34.2 Å². The highest BCUT2D eigenvalue weighted by molar-refractivity contribution is 14.1. The van der Waals surface area contributed by atoms with E-state index in [1.54, 1.807) is 28.7 Å². The third kappa shape index (κ3) is 3.89.